The summed E-state index contributed by atoms with van der Waals surface area (Å²) in [5.41, 5.74) is 27.0. The third-order valence-corrected chi connectivity index (χ3v) is 8.42. The van der Waals surface area contributed by atoms with Gasteiger partial charge in [0.15, 0.2) is 11.6 Å². The molecule has 0 radical (unpaired) electrons. The molecule has 50 heavy (non-hydrogen) atoms. The first-order valence-corrected chi connectivity index (χ1v) is 16.4. The van der Waals surface area contributed by atoms with Gasteiger partial charge in [0.2, 0.25) is 5.90 Å². The summed E-state index contributed by atoms with van der Waals surface area (Å²) >= 11 is 6.17. The number of benzene rings is 4. The van der Waals surface area contributed by atoms with Gasteiger partial charge in [-0.3, -0.25) is 10.2 Å². The number of nitrogens with zero attached hydrogens (tertiary/aromatic N) is 7. The first-order chi connectivity index (χ1) is 24.5. The minimum absolute atomic E-state index is 0.0247. The Hall–Kier alpha value is -5.55. The molecule has 14 heteroatoms. The summed E-state index contributed by atoms with van der Waals surface area (Å²) in [4.78, 5) is 25.6. The Labute approximate surface area is 294 Å². The van der Waals surface area contributed by atoms with Crippen LogP contribution in [0, 0.1) is 0 Å². The van der Waals surface area contributed by atoms with Crippen molar-refractivity contribution >= 4 is 23.4 Å². The molecule has 1 aliphatic heterocycles. The van der Waals surface area contributed by atoms with E-state index in [4.69, 9.17) is 42.2 Å². The van der Waals surface area contributed by atoms with Crippen molar-refractivity contribution in [3.05, 3.63) is 156 Å². The van der Waals surface area contributed by atoms with Crippen LogP contribution >= 0.6 is 11.6 Å². The minimum atomic E-state index is -1.58. The maximum atomic E-state index is 14.7. The number of nitrogens with one attached hydrogen (secondary N) is 2. The summed E-state index contributed by atoms with van der Waals surface area (Å²) in [6.45, 7) is 0.903. The normalized spacial score (nSPS) is 16.4. The molecule has 0 spiro atoms. The lowest BCUT2D eigenvalue weighted by atomic mass is 9.80. The van der Waals surface area contributed by atoms with Crippen molar-refractivity contribution in [2.75, 3.05) is 19.8 Å². The van der Waals surface area contributed by atoms with E-state index in [0.717, 1.165) is 16.7 Å². The van der Waals surface area contributed by atoms with E-state index in [1.165, 1.54) is 0 Å². The molecule has 4 aromatic rings. The SMILES string of the molecule is [N-]=[N+]=NCc1ccccc1C[C@]1(C(=O)NNCCc2cccc(Cl)c2)N=C(c2ccc(OCCCO)cc2)O[C@H]1c1ccccc1CN=[N+]=[N-]. The lowest BCUT2D eigenvalue weighted by Gasteiger charge is -2.32. The highest BCUT2D eigenvalue weighted by Crippen LogP contribution is 2.44. The number of aliphatic hydroxyl groups is 1. The number of hydrazine groups is 1. The van der Waals surface area contributed by atoms with E-state index in [1.807, 2.05) is 66.7 Å². The average molecular weight is 694 g/mol. The predicted molar refractivity (Wildman–Crippen MR) is 190 cm³/mol. The van der Waals surface area contributed by atoms with E-state index in [1.54, 1.807) is 30.3 Å². The molecule has 5 rings (SSSR count). The quantitative estimate of drug-likeness (QED) is 0.0349. The first-order valence-electron chi connectivity index (χ1n) is 16.0. The third kappa shape index (κ3) is 8.91. The van der Waals surface area contributed by atoms with E-state index < -0.39 is 17.6 Å². The van der Waals surface area contributed by atoms with Crippen LogP contribution in [-0.2, 0) is 35.5 Å². The van der Waals surface area contributed by atoms with Gasteiger partial charge in [0.05, 0.1) is 19.7 Å². The second kappa shape index (κ2) is 17.7. The van der Waals surface area contributed by atoms with E-state index in [9.17, 15) is 4.79 Å². The predicted octanol–water partition coefficient (Wildman–Crippen LogP) is 7.08. The molecule has 4 aromatic carbocycles. The van der Waals surface area contributed by atoms with Crippen LogP contribution in [0.3, 0.4) is 0 Å². The Morgan fingerprint density at radius 1 is 0.940 bits per heavy atom. The van der Waals surface area contributed by atoms with E-state index in [-0.39, 0.29) is 32.0 Å². The van der Waals surface area contributed by atoms with Crippen molar-refractivity contribution in [1.82, 2.24) is 10.9 Å². The summed E-state index contributed by atoms with van der Waals surface area (Å²) < 4.78 is 12.4. The number of carbonyl (C=O) groups is 1. The van der Waals surface area contributed by atoms with E-state index >= 15 is 0 Å². The number of rotatable bonds is 17. The van der Waals surface area contributed by atoms with E-state index in [2.05, 4.69) is 30.9 Å². The number of carbonyl (C=O) groups excluding carboxylic acids is 1. The molecule has 0 saturated heterocycles. The van der Waals surface area contributed by atoms with Crippen LogP contribution in [0.1, 0.15) is 45.9 Å². The Bertz CT molecular complexity index is 1910. The van der Waals surface area contributed by atoms with Crippen LogP contribution in [0.4, 0.5) is 0 Å². The maximum absolute atomic E-state index is 14.7. The standard InChI is InChI=1S/C36H36ClN9O4/c37-30-11-5-7-25(21-30)17-18-40-44-35(48)36(22-27-8-1-2-9-28(27)23-41-45-38)33(32-12-4-3-10-29(32)24-42-46-39)50-34(43-36)26-13-15-31(16-14-26)49-20-6-19-47/h1-5,7-16,21,33,40,47H,6,17-20,22-24H2,(H,44,48)/t33-,36-/m0/s1. The second-order valence-corrected chi connectivity index (χ2v) is 11.9. The number of aliphatic hydroxyl groups excluding tert-OH is 1. The number of aliphatic imine (C=N–C) groups is 1. The zero-order chi connectivity index (χ0) is 35.2. The molecule has 1 aliphatic rings. The zero-order valence-electron chi connectivity index (χ0n) is 27.2. The Morgan fingerprint density at radius 2 is 1.64 bits per heavy atom. The third-order valence-electron chi connectivity index (χ3n) is 8.18. The molecule has 0 saturated carbocycles. The Morgan fingerprint density at radius 3 is 2.36 bits per heavy atom. The highest BCUT2D eigenvalue weighted by Gasteiger charge is 2.54. The van der Waals surface area contributed by atoms with Crippen LogP contribution < -0.4 is 15.6 Å². The summed E-state index contributed by atoms with van der Waals surface area (Å²) in [7, 11) is 0. The molecule has 0 bridgehead atoms. The average Bonchev–Trinajstić information content (AvgIpc) is 3.52. The summed E-state index contributed by atoms with van der Waals surface area (Å²) in [5.74, 6) is 0.388. The number of amides is 1. The van der Waals surface area contributed by atoms with Gasteiger partial charge in [-0.05, 0) is 81.7 Å². The van der Waals surface area contributed by atoms with Gasteiger partial charge in [0.1, 0.15) is 5.75 Å². The molecule has 256 valence electrons. The number of halogens is 1. The number of azide groups is 2. The van der Waals surface area contributed by atoms with Gasteiger partial charge in [-0.2, -0.15) is 0 Å². The molecule has 1 heterocycles. The number of hydrogen-bond acceptors (Lipinski definition) is 8. The van der Waals surface area contributed by atoms with E-state index in [0.29, 0.717) is 53.5 Å². The number of hydrogen-bond donors (Lipinski definition) is 3. The fraction of sp³-hybridized carbons (Fsp3) is 0.278. The monoisotopic (exact) mass is 693 g/mol. The molecule has 0 unspecified atom stereocenters. The maximum Gasteiger partial charge on any atom is 0.266 e. The van der Waals surface area contributed by atoms with Gasteiger partial charge < -0.3 is 14.6 Å². The van der Waals surface area contributed by atoms with Crippen LogP contribution in [0.25, 0.3) is 20.9 Å². The first kappa shape index (κ1) is 35.7. The summed E-state index contributed by atoms with van der Waals surface area (Å²) in [5, 5.41) is 17.3. The molecule has 1 amide bonds. The van der Waals surface area contributed by atoms with Gasteiger partial charge >= 0.3 is 0 Å². The fourth-order valence-corrected chi connectivity index (χ4v) is 5.95. The highest BCUT2D eigenvalue weighted by atomic mass is 35.5. The molecular formula is C36H36ClN9O4. The largest absolute Gasteiger partial charge is 0.494 e. The highest BCUT2D eigenvalue weighted by molar-refractivity contribution is 6.30. The van der Waals surface area contributed by atoms with Crippen LogP contribution in [0.2, 0.25) is 5.02 Å². The number of ether oxygens (including phenoxy) is 2. The van der Waals surface area contributed by atoms with Crippen LogP contribution in [0.5, 0.6) is 5.75 Å². The van der Waals surface area contributed by atoms with Crippen molar-refractivity contribution in [3.63, 3.8) is 0 Å². The van der Waals surface area contributed by atoms with Crippen molar-refractivity contribution in [2.24, 2.45) is 15.2 Å². The lowest BCUT2D eigenvalue weighted by molar-refractivity contribution is -0.130. The van der Waals surface area contributed by atoms with Gasteiger partial charge in [-0.1, -0.05) is 82.5 Å². The van der Waals surface area contributed by atoms with Crippen LogP contribution in [0.15, 0.2) is 112 Å². The van der Waals surface area contributed by atoms with Crippen molar-refractivity contribution in [2.45, 2.75) is 44.0 Å². The van der Waals surface area contributed by atoms with Crippen molar-refractivity contribution < 1.29 is 19.4 Å². The zero-order valence-corrected chi connectivity index (χ0v) is 27.9. The Kier molecular flexibility index (Phi) is 12.7. The molecule has 13 nitrogen and oxygen atoms in total. The molecule has 0 aliphatic carbocycles. The molecule has 3 N–H and O–H groups in total. The molecule has 0 aromatic heterocycles. The van der Waals surface area contributed by atoms with Gasteiger partial charge in [0, 0.05) is 46.4 Å². The summed E-state index contributed by atoms with van der Waals surface area (Å²) in [6.07, 6.45) is 0.225. The lowest BCUT2D eigenvalue weighted by Crippen LogP contribution is -2.54. The smallest absolute Gasteiger partial charge is 0.266 e. The van der Waals surface area contributed by atoms with Gasteiger partial charge in [0.25, 0.3) is 5.91 Å². The van der Waals surface area contributed by atoms with Crippen LogP contribution in [-0.4, -0.2) is 42.2 Å². The van der Waals surface area contributed by atoms with Gasteiger partial charge in [-0.25, -0.2) is 10.4 Å². The molecule has 2 atom stereocenters. The molecular weight excluding hydrogens is 658 g/mol. The minimum Gasteiger partial charge on any atom is -0.494 e. The topological polar surface area (TPSA) is 190 Å². The van der Waals surface area contributed by atoms with Crippen molar-refractivity contribution in [3.8, 4) is 5.75 Å². The summed E-state index contributed by atoms with van der Waals surface area (Å²) in [6, 6.07) is 29.4. The fourth-order valence-electron chi connectivity index (χ4n) is 5.73. The molecule has 0 fully saturated rings. The second-order valence-electron chi connectivity index (χ2n) is 11.5. The Balaban J connectivity index is 1.57. The van der Waals surface area contributed by atoms with Crippen molar-refractivity contribution in [1.29, 1.82) is 0 Å². The van der Waals surface area contributed by atoms with Gasteiger partial charge in [-0.15, -0.1) is 0 Å².